The van der Waals surface area contributed by atoms with Gasteiger partial charge in [0, 0.05) is 94.1 Å². The first kappa shape index (κ1) is 89.9. The van der Waals surface area contributed by atoms with Crippen molar-refractivity contribution in [2.24, 2.45) is 11.7 Å². The highest BCUT2D eigenvalue weighted by Crippen LogP contribution is 2.23. The number of hydrogen-bond donors (Lipinski definition) is 14. The molecule has 3 aromatic heterocycles. The van der Waals surface area contributed by atoms with E-state index < -0.39 is 144 Å². The molecule has 1 fully saturated rings. The molecule has 15 N–H and O–H groups in total. The predicted octanol–water partition coefficient (Wildman–Crippen LogP) is 2.99. The molecule has 0 bridgehead atoms. The molecule has 0 spiro atoms. The van der Waals surface area contributed by atoms with Crippen LogP contribution in [0.4, 0.5) is 0 Å². The molecule has 114 heavy (non-hydrogen) atoms. The number of nitrogens with one attached hydrogen (secondary N) is 12. The second-order valence-electron chi connectivity index (χ2n) is 29.2. The first-order valence-electron chi connectivity index (χ1n) is 38.8. The summed E-state index contributed by atoms with van der Waals surface area (Å²) < 4.78 is 0. The lowest BCUT2D eigenvalue weighted by molar-refractivity contribution is -0.142. The Morgan fingerprint density at radius 2 is 0.939 bits per heavy atom. The van der Waals surface area contributed by atoms with Crippen LogP contribution in [-0.2, 0) is 72.0 Å². The molecule has 0 radical (unpaired) electrons. The van der Waals surface area contributed by atoms with Crippen LogP contribution in [0.1, 0.15) is 156 Å². The fourth-order valence-electron chi connectivity index (χ4n) is 13.0. The summed E-state index contributed by atoms with van der Waals surface area (Å²) in [6, 6.07) is 15.9. The molecule has 3 aromatic carbocycles. The van der Waals surface area contributed by atoms with E-state index in [0.29, 0.717) is 53.1 Å². The van der Waals surface area contributed by atoms with E-state index in [1.54, 1.807) is 60.7 Å². The van der Waals surface area contributed by atoms with Crippen molar-refractivity contribution in [1.82, 2.24) is 83.7 Å². The number of aliphatic hydroxyl groups is 1. The van der Waals surface area contributed by atoms with Gasteiger partial charge in [-0.2, -0.15) is 0 Å². The Balaban J connectivity index is 1.15. The summed E-state index contributed by atoms with van der Waals surface area (Å²) in [6.07, 6.45) is 10.9. The Morgan fingerprint density at radius 3 is 1.46 bits per heavy atom. The van der Waals surface area contributed by atoms with Gasteiger partial charge in [0.15, 0.2) is 0 Å². The van der Waals surface area contributed by atoms with E-state index in [2.05, 4.69) is 78.8 Å². The predicted molar refractivity (Wildman–Crippen MR) is 428 cm³/mol. The summed E-state index contributed by atoms with van der Waals surface area (Å²) in [5.41, 5.74) is 7.74. The zero-order chi connectivity index (χ0) is 82.6. The summed E-state index contributed by atoms with van der Waals surface area (Å²) in [6.45, 7) is 10.2. The van der Waals surface area contributed by atoms with E-state index in [-0.39, 0.29) is 114 Å². The Labute approximate surface area is 669 Å². The van der Waals surface area contributed by atoms with Gasteiger partial charge in [-0.3, -0.25) is 77.3 Å². The number of benzene rings is 3. The maximum atomic E-state index is 15.2. The number of amides is 13. The van der Waals surface area contributed by atoms with Gasteiger partial charge in [-0.25, -0.2) is 0 Å². The minimum Gasteiger partial charge on any atom is -0.394 e. The maximum Gasteiger partial charge on any atom is 0.252 e. The molecule has 0 aliphatic carbocycles. The second-order valence-corrected chi connectivity index (χ2v) is 29.6. The fourth-order valence-corrected chi connectivity index (χ4v) is 13.1. The smallest absolute Gasteiger partial charge is 0.252 e. The van der Waals surface area contributed by atoms with Crippen LogP contribution >= 0.6 is 11.6 Å². The summed E-state index contributed by atoms with van der Waals surface area (Å²) in [5, 5.41) is 46.8. The third kappa shape index (κ3) is 30.0. The molecule has 13 amide bonds. The van der Waals surface area contributed by atoms with Crippen molar-refractivity contribution in [3.05, 3.63) is 173 Å². The molecule has 1 saturated heterocycles. The van der Waals surface area contributed by atoms with Crippen LogP contribution in [0.25, 0.3) is 10.8 Å². The minimum absolute atomic E-state index is 0.0277. The van der Waals surface area contributed by atoms with Gasteiger partial charge in [-0.1, -0.05) is 100.0 Å². The van der Waals surface area contributed by atoms with Gasteiger partial charge in [-0.15, -0.1) is 0 Å². The number of fused-ring (bicyclic) bond motifs is 1. The molecular formula is C82H108ClN17O14. The molecule has 0 saturated carbocycles. The number of carbonyl (C=O) groups excluding carboxylic acids is 13. The van der Waals surface area contributed by atoms with Crippen LogP contribution in [-0.4, -0.2) is 201 Å². The van der Waals surface area contributed by atoms with Crippen LogP contribution in [0.3, 0.4) is 0 Å². The molecule has 1 aliphatic rings. The van der Waals surface area contributed by atoms with Crippen molar-refractivity contribution in [3.8, 4) is 0 Å². The number of nitrogens with two attached hydrogens (primary N) is 1. The lowest BCUT2D eigenvalue weighted by Crippen LogP contribution is -2.61. The minimum atomic E-state index is -1.83. The topological polar surface area (TPSA) is 454 Å². The highest BCUT2D eigenvalue weighted by atomic mass is 35.5. The number of likely N-dealkylation sites (tertiary alicyclic amines) is 1. The summed E-state index contributed by atoms with van der Waals surface area (Å²) >= 11 is 6.27. The van der Waals surface area contributed by atoms with Gasteiger partial charge in [0.2, 0.25) is 65.0 Å². The van der Waals surface area contributed by atoms with Gasteiger partial charge < -0.3 is 79.5 Å². The van der Waals surface area contributed by atoms with Crippen molar-refractivity contribution in [3.63, 3.8) is 0 Å². The first-order chi connectivity index (χ1) is 54.7. The molecule has 6 aromatic rings. The molecule has 10 atom stereocenters. The molecule has 1 unspecified atom stereocenters. The Hall–Kier alpha value is -11.3. The summed E-state index contributed by atoms with van der Waals surface area (Å²) in [5.74, 6) is -9.75. The second kappa shape index (κ2) is 46.6. The highest BCUT2D eigenvalue weighted by Gasteiger charge is 2.40. The van der Waals surface area contributed by atoms with E-state index >= 15 is 9.59 Å². The van der Waals surface area contributed by atoms with E-state index in [1.165, 1.54) is 55.9 Å². The molecule has 7 rings (SSSR count). The van der Waals surface area contributed by atoms with Crippen LogP contribution in [0.2, 0.25) is 5.02 Å². The van der Waals surface area contributed by atoms with Crippen LogP contribution in [0.15, 0.2) is 140 Å². The molecule has 32 heteroatoms. The SMILES string of the molecule is CC(=O)N[C@H](Cc1ccc2ccccc2c1)C(=O)N[C@H](Cc1ccc(Cl)cc1)C(=O)N[C@H](Cc1cccnc1)C(=O)N[C@@H](CO)C(=O)N[C@@H](CCCCNC(=O)c1cccnc1)C(=O)N[C@H](CCCCNC(=O)c1cccnc1)C(=O)N[C@@H](CC(C)C)C(=O)N[C@@H](CCCCNC(C)C)C(=O)N1CCCC1C(=O)N[C@H](C)C(N)=O. The number of unbranched alkanes of at least 4 members (excludes halogenated alkanes) is 3. The highest BCUT2D eigenvalue weighted by molar-refractivity contribution is 6.30. The number of primary amides is 1. The van der Waals surface area contributed by atoms with Gasteiger partial charge in [-0.05, 0) is 166 Å². The molecule has 31 nitrogen and oxygen atoms in total. The summed E-state index contributed by atoms with van der Waals surface area (Å²) in [7, 11) is 0. The number of carbonyl (C=O) groups is 13. The average Bonchev–Trinajstić information content (AvgIpc) is 1.51. The Morgan fingerprint density at radius 1 is 0.482 bits per heavy atom. The lowest BCUT2D eigenvalue weighted by Gasteiger charge is -2.31. The quantitative estimate of drug-likeness (QED) is 0.0244. The number of aromatic nitrogens is 3. The van der Waals surface area contributed by atoms with Crippen LogP contribution in [0.5, 0.6) is 0 Å². The third-order valence-corrected chi connectivity index (χ3v) is 19.4. The Bertz CT molecular complexity index is 4210. The monoisotopic (exact) mass is 1590 g/mol. The van der Waals surface area contributed by atoms with Gasteiger partial charge in [0.25, 0.3) is 11.8 Å². The number of pyridine rings is 3. The Kier molecular flexibility index (Phi) is 36.8. The molecular weight excluding hydrogens is 1480 g/mol. The van der Waals surface area contributed by atoms with Crippen molar-refractivity contribution < 1.29 is 67.4 Å². The first-order valence-corrected chi connectivity index (χ1v) is 39.2. The number of nitrogens with zero attached hydrogens (tertiary/aromatic N) is 4. The van der Waals surface area contributed by atoms with Gasteiger partial charge in [0.1, 0.15) is 60.4 Å². The van der Waals surface area contributed by atoms with Crippen LogP contribution < -0.4 is 69.5 Å². The molecule has 4 heterocycles. The fraction of sp³-hybridized carbons (Fsp3) is 0.463. The third-order valence-electron chi connectivity index (χ3n) is 19.1. The molecule has 1 aliphatic heterocycles. The van der Waals surface area contributed by atoms with Gasteiger partial charge in [0.05, 0.1) is 17.7 Å². The van der Waals surface area contributed by atoms with Crippen molar-refractivity contribution in [2.45, 2.75) is 204 Å². The zero-order valence-electron chi connectivity index (χ0n) is 65.3. The maximum absolute atomic E-state index is 15.2. The number of hydrogen-bond acceptors (Lipinski definition) is 18. The number of rotatable bonds is 46. The number of halogens is 1. The van der Waals surface area contributed by atoms with E-state index in [0.717, 1.165) is 10.8 Å². The zero-order valence-corrected chi connectivity index (χ0v) is 66.1. The standard InChI is InChI=1S/C82H108ClN17O14/c1-50(2)41-65(76(108)95-64(26-11-12-37-88-51(3)4)82(114)100-40-18-27-70(100)81(113)91-52(5)71(84)103)96-75(107)63(25-10-14-39-90-73(105)60-23-17-36-87-48-60)93-74(106)62(24-9-13-38-89-72(104)59-22-16-35-86-47-59)94-80(112)69(49-101)99-79(111)68(45-56-19-15-34-85-46-56)98-78(110)67(43-54-29-32-61(83)33-30-54)97-77(109)66(92-53(6)102)44-55-28-31-57-20-7-8-21-58(57)42-55/h7-8,15-17,19-23,28-36,42,46-48,50-52,62-70,88,101H,9-14,18,24-27,37-41,43-45,49H2,1-6H3,(H2,84,103)(H,89,104)(H,90,105)(H,91,113)(H,92,102)(H,93,106)(H,94,112)(H,95,108)(H,96,107)(H,97,109)(H,98,110)(H,99,111)/t52-,62+,63-,64+,65+,66-,67-,68-,69+,70?/m1/s1. The number of aliphatic hydroxyl groups excluding tert-OH is 1. The average molecular weight is 1590 g/mol. The van der Waals surface area contributed by atoms with Gasteiger partial charge >= 0.3 is 0 Å². The normalized spacial score (nSPS) is 14.9. The van der Waals surface area contributed by atoms with Crippen molar-refractivity contribution in [2.75, 3.05) is 32.8 Å². The largest absolute Gasteiger partial charge is 0.394 e. The van der Waals surface area contributed by atoms with Crippen molar-refractivity contribution >= 4 is 99.2 Å². The van der Waals surface area contributed by atoms with E-state index in [1.807, 2.05) is 70.2 Å². The van der Waals surface area contributed by atoms with E-state index in [9.17, 15) is 57.8 Å². The molecule has 612 valence electrons. The van der Waals surface area contributed by atoms with E-state index in [4.69, 9.17) is 17.3 Å². The van der Waals surface area contributed by atoms with Crippen molar-refractivity contribution in [1.29, 1.82) is 0 Å². The van der Waals surface area contributed by atoms with Crippen LogP contribution in [0, 0.1) is 5.92 Å². The summed E-state index contributed by atoms with van der Waals surface area (Å²) in [4.78, 5) is 197. The lowest BCUT2D eigenvalue weighted by atomic mass is 9.99.